The van der Waals surface area contributed by atoms with Gasteiger partial charge in [0.25, 0.3) is 0 Å². The van der Waals surface area contributed by atoms with Gasteiger partial charge in [0.05, 0.1) is 5.48 Å². The molecule has 0 fully saturated rings. The molecule has 8 aromatic carbocycles. The van der Waals surface area contributed by atoms with Crippen molar-refractivity contribution in [1.29, 1.82) is 0 Å². The lowest BCUT2D eigenvalue weighted by Crippen LogP contribution is -2.16. The number of fused-ring (bicyclic) bond motifs is 4. The molecule has 1 aliphatic carbocycles. The van der Waals surface area contributed by atoms with Crippen LogP contribution in [0.15, 0.2) is 188 Å². The molecule has 0 bridgehead atoms. The third-order valence-corrected chi connectivity index (χ3v) is 10.1. The highest BCUT2D eigenvalue weighted by molar-refractivity contribution is 5.90. The van der Waals surface area contributed by atoms with Crippen molar-refractivity contribution in [1.82, 2.24) is 0 Å². The van der Waals surface area contributed by atoms with Gasteiger partial charge in [-0.2, -0.15) is 0 Å². The Morgan fingerprint density at radius 1 is 0.380 bits per heavy atom. The van der Waals surface area contributed by atoms with Gasteiger partial charge in [-0.05, 0) is 115 Å². The van der Waals surface area contributed by atoms with E-state index in [0.717, 1.165) is 50.1 Å². The van der Waals surface area contributed by atoms with Crippen LogP contribution in [0.25, 0.3) is 55.3 Å². The summed E-state index contributed by atoms with van der Waals surface area (Å²) in [7, 11) is 0. The second-order valence-electron chi connectivity index (χ2n) is 13.5. The SMILES string of the molecule is [2H]c1c([2H])c(N(c2cccc(-c3ccc4ccccc4c3)c2)c2ccc3c(c2)C(C)(C)c2ccccc2-3)c([2H])c([2H])c1-c1cccc(-c2ccccc2)c1. The van der Waals surface area contributed by atoms with Gasteiger partial charge in [0, 0.05) is 22.5 Å². The monoisotopic (exact) mass is 643 g/mol. The summed E-state index contributed by atoms with van der Waals surface area (Å²) in [6.07, 6.45) is 0. The van der Waals surface area contributed by atoms with Gasteiger partial charge in [-0.25, -0.2) is 0 Å². The lowest BCUT2D eigenvalue weighted by molar-refractivity contribution is 0.660. The maximum absolute atomic E-state index is 9.58. The summed E-state index contributed by atoms with van der Waals surface area (Å²) in [6.45, 7) is 4.47. The van der Waals surface area contributed by atoms with Crippen molar-refractivity contribution < 1.29 is 5.48 Å². The zero-order chi connectivity index (χ0) is 37.1. The summed E-state index contributed by atoms with van der Waals surface area (Å²) in [6, 6.07) is 55.1. The summed E-state index contributed by atoms with van der Waals surface area (Å²) >= 11 is 0. The maximum Gasteiger partial charge on any atom is 0.0645 e. The number of anilines is 3. The first-order valence-corrected chi connectivity index (χ1v) is 17.1. The van der Waals surface area contributed by atoms with Crippen LogP contribution in [0.1, 0.15) is 30.5 Å². The zero-order valence-electron chi connectivity index (χ0n) is 32.0. The second-order valence-corrected chi connectivity index (χ2v) is 13.5. The molecule has 0 heterocycles. The fourth-order valence-corrected chi connectivity index (χ4v) is 7.48. The molecule has 9 rings (SSSR count). The largest absolute Gasteiger partial charge is 0.310 e. The van der Waals surface area contributed by atoms with Crippen molar-refractivity contribution in [2.45, 2.75) is 19.3 Å². The van der Waals surface area contributed by atoms with Crippen LogP contribution in [0.2, 0.25) is 0 Å². The van der Waals surface area contributed by atoms with Crippen LogP contribution in [-0.4, -0.2) is 0 Å². The Morgan fingerprint density at radius 3 is 1.80 bits per heavy atom. The van der Waals surface area contributed by atoms with E-state index >= 15 is 0 Å². The van der Waals surface area contributed by atoms with Gasteiger partial charge >= 0.3 is 0 Å². The molecule has 8 aromatic rings. The molecule has 0 saturated heterocycles. The molecule has 0 saturated carbocycles. The van der Waals surface area contributed by atoms with Gasteiger partial charge < -0.3 is 4.90 Å². The number of rotatable bonds is 6. The Morgan fingerprint density at radius 2 is 0.980 bits per heavy atom. The van der Waals surface area contributed by atoms with E-state index in [-0.39, 0.29) is 40.8 Å². The second kappa shape index (κ2) is 12.1. The minimum Gasteiger partial charge on any atom is -0.310 e. The summed E-state index contributed by atoms with van der Waals surface area (Å²) in [5.41, 5.74) is 11.2. The number of hydrogen-bond acceptors (Lipinski definition) is 1. The minimum absolute atomic E-state index is 0.0826. The van der Waals surface area contributed by atoms with Crippen molar-refractivity contribution >= 4 is 27.8 Å². The van der Waals surface area contributed by atoms with Crippen LogP contribution in [0.3, 0.4) is 0 Å². The van der Waals surface area contributed by atoms with Gasteiger partial charge in [0.2, 0.25) is 0 Å². The van der Waals surface area contributed by atoms with Gasteiger partial charge in [0.1, 0.15) is 0 Å². The van der Waals surface area contributed by atoms with E-state index < -0.39 is 0 Å². The van der Waals surface area contributed by atoms with Crippen LogP contribution in [0.4, 0.5) is 17.1 Å². The van der Waals surface area contributed by atoms with Gasteiger partial charge in [-0.1, -0.05) is 153 Å². The van der Waals surface area contributed by atoms with Crippen LogP contribution in [-0.2, 0) is 5.41 Å². The van der Waals surface area contributed by atoms with Crippen molar-refractivity contribution in [3.05, 3.63) is 199 Å². The molecule has 0 atom stereocenters. The normalized spacial score (nSPS) is 13.9. The lowest BCUT2D eigenvalue weighted by Gasteiger charge is -2.28. The molecule has 0 spiro atoms. The number of hydrogen-bond donors (Lipinski definition) is 0. The van der Waals surface area contributed by atoms with Crippen molar-refractivity contribution in [2.24, 2.45) is 0 Å². The predicted molar refractivity (Wildman–Crippen MR) is 213 cm³/mol. The maximum atomic E-state index is 9.58. The first-order valence-electron chi connectivity index (χ1n) is 19.1. The molecule has 0 N–H and O–H groups in total. The van der Waals surface area contributed by atoms with Crippen molar-refractivity contribution in [3.8, 4) is 44.5 Å². The Bertz CT molecular complexity index is 2720. The lowest BCUT2D eigenvalue weighted by atomic mass is 9.82. The van der Waals surface area contributed by atoms with Crippen LogP contribution in [0, 0.1) is 0 Å². The highest BCUT2D eigenvalue weighted by Gasteiger charge is 2.35. The van der Waals surface area contributed by atoms with Crippen LogP contribution in [0.5, 0.6) is 0 Å². The molecule has 50 heavy (non-hydrogen) atoms. The molecule has 1 aliphatic rings. The molecule has 0 aromatic heterocycles. The average Bonchev–Trinajstić information content (AvgIpc) is 3.44. The van der Waals surface area contributed by atoms with E-state index in [1.165, 1.54) is 16.5 Å². The summed E-state index contributed by atoms with van der Waals surface area (Å²) in [5.74, 6) is 0. The Labute approximate surface area is 300 Å². The molecule has 238 valence electrons. The average molecular weight is 644 g/mol. The van der Waals surface area contributed by atoms with E-state index in [1.807, 2.05) is 89.8 Å². The predicted octanol–water partition coefficient (Wildman–Crippen LogP) is 13.6. The molecule has 0 unspecified atom stereocenters. The van der Waals surface area contributed by atoms with Gasteiger partial charge in [-0.3, -0.25) is 0 Å². The van der Waals surface area contributed by atoms with Crippen LogP contribution < -0.4 is 4.90 Å². The highest BCUT2D eigenvalue weighted by Crippen LogP contribution is 2.50. The Balaban J connectivity index is 1.24. The summed E-state index contributed by atoms with van der Waals surface area (Å²) in [4.78, 5) is 1.91. The van der Waals surface area contributed by atoms with E-state index in [4.69, 9.17) is 0 Å². The minimum atomic E-state index is -0.275. The fraction of sp³-hybridized carbons (Fsp3) is 0.0612. The molecular weight excluding hydrogens is 603 g/mol. The Kier molecular flexibility index (Phi) is 6.22. The molecule has 0 radical (unpaired) electrons. The Hall–Kier alpha value is -6.18. The van der Waals surface area contributed by atoms with E-state index in [0.29, 0.717) is 5.56 Å². The van der Waals surface area contributed by atoms with E-state index in [2.05, 4.69) is 92.7 Å². The standard InChI is InChI=1S/C49H37N/c1-49(2)47-21-9-8-20-45(47)46-29-28-44(33-48(46)49)50(43-19-11-18-40(32-43)41-23-22-35-14-6-7-15-37(35)31-41)42-26-24-36(25-27-42)39-17-10-16-38(30-39)34-12-4-3-5-13-34/h3-33H,1-2H3/i24D,25D,26D,27D. The molecule has 1 nitrogen and oxygen atoms in total. The van der Waals surface area contributed by atoms with Gasteiger partial charge in [-0.15, -0.1) is 0 Å². The third kappa shape index (κ3) is 5.19. The van der Waals surface area contributed by atoms with Crippen LogP contribution >= 0.6 is 0 Å². The smallest absolute Gasteiger partial charge is 0.0645 e. The quantitative estimate of drug-likeness (QED) is 0.174. The molecular formula is C49H37N. The number of benzene rings is 8. The van der Waals surface area contributed by atoms with Gasteiger partial charge in [0.15, 0.2) is 0 Å². The number of nitrogens with zero attached hydrogens (tertiary/aromatic N) is 1. The topological polar surface area (TPSA) is 3.24 Å². The third-order valence-electron chi connectivity index (χ3n) is 10.1. The van der Waals surface area contributed by atoms with Crippen molar-refractivity contribution in [2.75, 3.05) is 4.90 Å². The first kappa shape index (κ1) is 25.8. The van der Waals surface area contributed by atoms with Crippen molar-refractivity contribution in [3.63, 3.8) is 0 Å². The summed E-state index contributed by atoms with van der Waals surface area (Å²) in [5, 5.41) is 2.31. The molecule has 0 aliphatic heterocycles. The highest BCUT2D eigenvalue weighted by atomic mass is 15.1. The van der Waals surface area contributed by atoms with E-state index in [1.54, 1.807) is 0 Å². The molecule has 0 amide bonds. The molecule has 1 heteroatoms. The zero-order valence-corrected chi connectivity index (χ0v) is 28.0. The van der Waals surface area contributed by atoms with E-state index in [9.17, 15) is 5.48 Å². The fourth-order valence-electron chi connectivity index (χ4n) is 7.48. The first-order chi connectivity index (χ1) is 26.2. The summed E-state index contributed by atoms with van der Waals surface area (Å²) < 4.78 is 38.0.